The van der Waals surface area contributed by atoms with Gasteiger partial charge in [0.15, 0.2) is 11.2 Å². The molecule has 150 valence electrons. The number of fused-ring (bicyclic) bond motifs is 1. The Bertz CT molecular complexity index is 1230. The second kappa shape index (κ2) is 7.75. The van der Waals surface area contributed by atoms with Gasteiger partial charge in [-0.25, -0.2) is 9.78 Å². The number of imidazole rings is 1. The molecule has 1 atom stereocenters. The van der Waals surface area contributed by atoms with Gasteiger partial charge in [0.25, 0.3) is 5.56 Å². The van der Waals surface area contributed by atoms with Gasteiger partial charge in [0.1, 0.15) is 6.04 Å². The number of carbonyl (C=O) groups excluding carboxylic acids is 1. The van der Waals surface area contributed by atoms with Crippen molar-refractivity contribution in [2.24, 2.45) is 14.1 Å². The van der Waals surface area contributed by atoms with Gasteiger partial charge < -0.3 is 9.47 Å². The predicted octanol–water partition coefficient (Wildman–Crippen LogP) is 1.25. The van der Waals surface area contributed by atoms with Crippen LogP contribution in [0.15, 0.2) is 40.2 Å². The Morgan fingerprint density at radius 2 is 1.86 bits per heavy atom. The zero-order chi connectivity index (χ0) is 21.3. The van der Waals surface area contributed by atoms with Crippen LogP contribution in [-0.4, -0.2) is 31.1 Å². The Hall–Kier alpha value is -3.67. The van der Waals surface area contributed by atoms with E-state index in [1.54, 1.807) is 6.92 Å². The summed E-state index contributed by atoms with van der Waals surface area (Å²) in [6, 6.07) is 8.74. The highest BCUT2D eigenvalue weighted by molar-refractivity contribution is 5.96. The van der Waals surface area contributed by atoms with Crippen LogP contribution < -0.4 is 16.1 Å². The zero-order valence-corrected chi connectivity index (χ0v) is 16.8. The van der Waals surface area contributed by atoms with Crippen LogP contribution in [0, 0.1) is 18.3 Å². The Kier molecular flexibility index (Phi) is 5.37. The van der Waals surface area contributed by atoms with Gasteiger partial charge in [-0.15, -0.1) is 0 Å². The number of rotatable bonds is 5. The average Bonchev–Trinajstić information content (AvgIpc) is 3.16. The topological polar surface area (TPSA) is 106 Å². The van der Waals surface area contributed by atoms with Crippen molar-refractivity contribution in [2.75, 3.05) is 11.4 Å². The van der Waals surface area contributed by atoms with Gasteiger partial charge >= 0.3 is 5.69 Å². The van der Waals surface area contributed by atoms with Crippen LogP contribution in [0.1, 0.15) is 24.9 Å². The Morgan fingerprint density at radius 3 is 2.48 bits per heavy atom. The molecule has 2 heterocycles. The number of aromatic nitrogens is 4. The third-order valence-electron chi connectivity index (χ3n) is 5.01. The van der Waals surface area contributed by atoms with Crippen molar-refractivity contribution in [3.63, 3.8) is 0 Å². The maximum Gasteiger partial charge on any atom is 0.332 e. The first kappa shape index (κ1) is 20.1. The van der Waals surface area contributed by atoms with Crippen molar-refractivity contribution in [3.05, 3.63) is 57.0 Å². The molecule has 1 unspecified atom stereocenters. The smallest absolute Gasteiger partial charge is 0.312 e. The lowest BCUT2D eigenvalue weighted by Gasteiger charge is -2.26. The fourth-order valence-electron chi connectivity index (χ4n) is 3.26. The van der Waals surface area contributed by atoms with Crippen LogP contribution in [-0.2, 0) is 18.9 Å². The van der Waals surface area contributed by atoms with E-state index in [0.29, 0.717) is 5.69 Å². The van der Waals surface area contributed by atoms with Crippen LogP contribution in [0.4, 0.5) is 5.69 Å². The van der Waals surface area contributed by atoms with E-state index >= 15 is 0 Å². The lowest BCUT2D eigenvalue weighted by Crippen LogP contribution is -2.40. The van der Waals surface area contributed by atoms with E-state index in [1.807, 2.05) is 31.2 Å². The van der Waals surface area contributed by atoms with Crippen molar-refractivity contribution in [3.8, 4) is 6.07 Å². The molecule has 0 aliphatic rings. The number of nitriles is 1. The highest BCUT2D eigenvalue weighted by Crippen LogP contribution is 2.22. The van der Waals surface area contributed by atoms with Gasteiger partial charge in [-0.3, -0.25) is 18.7 Å². The van der Waals surface area contributed by atoms with Crippen molar-refractivity contribution < 1.29 is 4.79 Å². The molecule has 0 bridgehead atoms. The van der Waals surface area contributed by atoms with E-state index in [4.69, 9.17) is 5.26 Å². The number of carbonyl (C=O) groups is 1. The number of amides is 1. The minimum absolute atomic E-state index is 0.174. The van der Waals surface area contributed by atoms with Crippen LogP contribution in [0.25, 0.3) is 11.2 Å². The van der Waals surface area contributed by atoms with Gasteiger partial charge in [0, 0.05) is 26.3 Å². The summed E-state index contributed by atoms with van der Waals surface area (Å²) in [4.78, 5) is 43.8. The van der Waals surface area contributed by atoms with Crippen molar-refractivity contribution >= 4 is 22.8 Å². The van der Waals surface area contributed by atoms with Gasteiger partial charge in [-0.1, -0.05) is 17.7 Å². The van der Waals surface area contributed by atoms with Gasteiger partial charge in [0.2, 0.25) is 5.91 Å². The molecule has 0 radical (unpaired) electrons. The summed E-state index contributed by atoms with van der Waals surface area (Å²) >= 11 is 0. The summed E-state index contributed by atoms with van der Waals surface area (Å²) in [5.41, 5.74) is 1.13. The largest absolute Gasteiger partial charge is 0.332 e. The number of nitrogens with zero attached hydrogens (tertiary/aromatic N) is 6. The maximum absolute atomic E-state index is 13.3. The minimum atomic E-state index is -0.759. The molecule has 9 heteroatoms. The monoisotopic (exact) mass is 394 g/mol. The molecule has 0 saturated heterocycles. The molecule has 3 rings (SSSR count). The number of hydrogen-bond acceptors (Lipinski definition) is 5. The van der Waals surface area contributed by atoms with E-state index in [9.17, 15) is 14.4 Å². The summed E-state index contributed by atoms with van der Waals surface area (Å²) < 4.78 is 3.75. The van der Waals surface area contributed by atoms with E-state index in [0.717, 1.165) is 10.1 Å². The fourth-order valence-corrected chi connectivity index (χ4v) is 3.26. The number of hydrogen-bond donors (Lipinski definition) is 0. The van der Waals surface area contributed by atoms with Gasteiger partial charge in [0.05, 0.1) is 18.8 Å². The minimum Gasteiger partial charge on any atom is -0.312 e. The zero-order valence-electron chi connectivity index (χ0n) is 16.8. The highest BCUT2D eigenvalue weighted by atomic mass is 16.2. The summed E-state index contributed by atoms with van der Waals surface area (Å²) in [6.45, 7) is 3.85. The molecule has 0 spiro atoms. The first-order valence-corrected chi connectivity index (χ1v) is 9.15. The Labute approximate surface area is 167 Å². The second-order valence-corrected chi connectivity index (χ2v) is 6.94. The van der Waals surface area contributed by atoms with Gasteiger partial charge in [-0.05, 0) is 26.0 Å². The molecule has 0 saturated carbocycles. The molecule has 3 aromatic rings. The van der Waals surface area contributed by atoms with Crippen LogP contribution in [0.3, 0.4) is 0 Å². The maximum atomic E-state index is 13.3. The van der Waals surface area contributed by atoms with E-state index in [-0.39, 0.29) is 30.0 Å². The molecule has 29 heavy (non-hydrogen) atoms. The van der Waals surface area contributed by atoms with Crippen LogP contribution in [0.2, 0.25) is 0 Å². The number of benzene rings is 1. The Morgan fingerprint density at radius 1 is 1.21 bits per heavy atom. The van der Waals surface area contributed by atoms with E-state index in [1.165, 1.54) is 34.5 Å². The summed E-state index contributed by atoms with van der Waals surface area (Å²) in [6.07, 6.45) is 1.57. The third kappa shape index (κ3) is 3.45. The third-order valence-corrected chi connectivity index (χ3v) is 5.01. The lowest BCUT2D eigenvalue weighted by atomic mass is 10.2. The summed E-state index contributed by atoms with van der Waals surface area (Å²) in [5, 5.41) is 9.00. The molecule has 0 N–H and O–H groups in total. The Balaban J connectivity index is 2.08. The molecular weight excluding hydrogens is 372 g/mol. The van der Waals surface area contributed by atoms with Crippen molar-refractivity contribution in [1.82, 2.24) is 18.7 Å². The average molecular weight is 394 g/mol. The molecule has 0 aliphatic carbocycles. The van der Waals surface area contributed by atoms with Crippen LogP contribution >= 0.6 is 0 Å². The second-order valence-electron chi connectivity index (χ2n) is 6.94. The SMILES string of the molecule is Cc1ccc(N(CCC#N)C(=O)C(C)n2cnc3c2c(=O)n(C)c(=O)n3C)cc1. The molecular formula is C20H22N6O3. The van der Waals surface area contributed by atoms with Crippen molar-refractivity contribution in [1.29, 1.82) is 5.26 Å². The van der Waals surface area contributed by atoms with Gasteiger partial charge in [-0.2, -0.15) is 5.26 Å². The van der Waals surface area contributed by atoms with Crippen molar-refractivity contribution in [2.45, 2.75) is 26.3 Å². The first-order chi connectivity index (χ1) is 13.8. The molecule has 2 aromatic heterocycles. The standard InChI is InChI=1S/C20H22N6O3/c1-13-6-8-15(9-7-13)25(11-5-10-21)18(27)14(2)26-12-22-17-16(26)19(28)24(4)20(29)23(17)3/h6-9,12,14H,5,11H2,1-4H3. The normalized spacial score (nSPS) is 12.0. The fraction of sp³-hybridized carbons (Fsp3) is 0.350. The number of aryl methyl sites for hydroxylation is 2. The summed E-state index contributed by atoms with van der Waals surface area (Å²) in [7, 11) is 2.92. The lowest BCUT2D eigenvalue weighted by molar-refractivity contribution is -0.121. The predicted molar refractivity (Wildman–Crippen MR) is 109 cm³/mol. The molecule has 0 aliphatic heterocycles. The number of anilines is 1. The molecule has 1 amide bonds. The first-order valence-electron chi connectivity index (χ1n) is 9.15. The summed E-state index contributed by atoms with van der Waals surface area (Å²) in [5.74, 6) is -0.278. The van der Waals surface area contributed by atoms with E-state index < -0.39 is 17.3 Å². The molecule has 9 nitrogen and oxygen atoms in total. The quantitative estimate of drug-likeness (QED) is 0.647. The van der Waals surface area contributed by atoms with Crippen LogP contribution in [0.5, 0.6) is 0 Å². The molecule has 0 fully saturated rings. The molecule has 1 aromatic carbocycles. The van der Waals surface area contributed by atoms with E-state index in [2.05, 4.69) is 11.1 Å². The highest BCUT2D eigenvalue weighted by Gasteiger charge is 2.26.